The van der Waals surface area contributed by atoms with Gasteiger partial charge < -0.3 is 4.90 Å². The van der Waals surface area contributed by atoms with Crippen molar-refractivity contribution < 1.29 is 9.18 Å². The maximum atomic E-state index is 13.0. The molecule has 1 atom stereocenters. The van der Waals surface area contributed by atoms with Crippen LogP contribution in [0.5, 0.6) is 0 Å². The predicted molar refractivity (Wildman–Crippen MR) is 84.1 cm³/mol. The van der Waals surface area contributed by atoms with Gasteiger partial charge in [0, 0.05) is 12.3 Å². The Morgan fingerprint density at radius 1 is 1.19 bits per heavy atom. The number of hydrogen-bond donors (Lipinski definition) is 0. The molecule has 3 rings (SSSR count). The molecule has 1 heterocycles. The molecule has 0 radical (unpaired) electrons. The largest absolute Gasteiger partial charge is 0.322 e. The van der Waals surface area contributed by atoms with Crippen molar-refractivity contribution in [2.75, 3.05) is 12.3 Å². The van der Waals surface area contributed by atoms with Crippen molar-refractivity contribution in [1.29, 1.82) is 0 Å². The summed E-state index contributed by atoms with van der Waals surface area (Å²) in [6.07, 6.45) is 0. The number of benzene rings is 2. The van der Waals surface area contributed by atoms with Gasteiger partial charge in [-0.3, -0.25) is 4.79 Å². The molecule has 0 unspecified atom stereocenters. The van der Waals surface area contributed by atoms with Crippen LogP contribution < -0.4 is 0 Å². The monoisotopic (exact) mass is 321 g/mol. The molecule has 0 aliphatic carbocycles. The Labute approximate surface area is 131 Å². The van der Waals surface area contributed by atoms with E-state index in [-0.39, 0.29) is 17.1 Å². The Morgan fingerprint density at radius 3 is 2.62 bits per heavy atom. The third kappa shape index (κ3) is 2.92. The number of carbonyl (C=O) groups excluding carboxylic acids is 1. The smallest absolute Gasteiger partial charge is 0.256 e. The number of rotatable bonds is 2. The molecule has 1 saturated heterocycles. The first kappa shape index (κ1) is 14.4. The maximum Gasteiger partial charge on any atom is 0.256 e. The van der Waals surface area contributed by atoms with Crippen LogP contribution in [0.3, 0.4) is 0 Å². The molecule has 108 valence electrons. The Balaban J connectivity index is 1.89. The van der Waals surface area contributed by atoms with Gasteiger partial charge in [-0.1, -0.05) is 35.9 Å². The van der Waals surface area contributed by atoms with Crippen LogP contribution in [-0.4, -0.2) is 23.1 Å². The molecule has 1 amide bonds. The fraction of sp³-hybridized carbons (Fsp3) is 0.188. The quantitative estimate of drug-likeness (QED) is 0.818. The van der Waals surface area contributed by atoms with Crippen LogP contribution >= 0.6 is 23.4 Å². The highest BCUT2D eigenvalue weighted by molar-refractivity contribution is 7.99. The Bertz CT molecular complexity index is 662. The number of hydrogen-bond acceptors (Lipinski definition) is 2. The Morgan fingerprint density at radius 2 is 1.90 bits per heavy atom. The van der Waals surface area contributed by atoms with E-state index in [9.17, 15) is 9.18 Å². The van der Waals surface area contributed by atoms with E-state index >= 15 is 0 Å². The van der Waals surface area contributed by atoms with Crippen molar-refractivity contribution in [2.24, 2.45) is 0 Å². The average molecular weight is 322 g/mol. The molecule has 0 bridgehead atoms. The summed E-state index contributed by atoms with van der Waals surface area (Å²) in [5.74, 6) is 0.503. The molecule has 2 aromatic carbocycles. The van der Waals surface area contributed by atoms with Crippen molar-refractivity contribution in [3.63, 3.8) is 0 Å². The molecule has 1 fully saturated rings. The minimum atomic E-state index is -0.272. The zero-order valence-corrected chi connectivity index (χ0v) is 12.7. The SMILES string of the molecule is O=C(c1ccccc1Cl)N1CCS[C@@H]1c1ccc(F)cc1. The summed E-state index contributed by atoms with van der Waals surface area (Å²) in [5, 5.41) is 0.367. The summed E-state index contributed by atoms with van der Waals surface area (Å²) in [5.41, 5.74) is 1.44. The second-order valence-corrected chi connectivity index (χ2v) is 6.35. The third-order valence-electron chi connectivity index (χ3n) is 3.41. The molecule has 21 heavy (non-hydrogen) atoms. The van der Waals surface area contributed by atoms with Crippen molar-refractivity contribution in [2.45, 2.75) is 5.37 Å². The lowest BCUT2D eigenvalue weighted by atomic mass is 10.1. The predicted octanol–water partition coefficient (Wildman–Crippen LogP) is 4.37. The average Bonchev–Trinajstić information content (AvgIpc) is 2.97. The number of thioether (sulfide) groups is 1. The molecule has 1 aliphatic rings. The van der Waals surface area contributed by atoms with Gasteiger partial charge in [0.05, 0.1) is 10.6 Å². The summed E-state index contributed by atoms with van der Waals surface area (Å²) < 4.78 is 13.0. The van der Waals surface area contributed by atoms with Gasteiger partial charge in [-0.25, -0.2) is 4.39 Å². The lowest BCUT2D eigenvalue weighted by molar-refractivity contribution is 0.0760. The first-order valence-electron chi connectivity index (χ1n) is 6.59. The van der Waals surface area contributed by atoms with Crippen LogP contribution in [0.25, 0.3) is 0 Å². The van der Waals surface area contributed by atoms with Crippen LogP contribution in [0.15, 0.2) is 48.5 Å². The molecule has 2 nitrogen and oxygen atoms in total. The number of nitrogens with zero attached hydrogens (tertiary/aromatic N) is 1. The zero-order valence-electron chi connectivity index (χ0n) is 11.1. The molecule has 0 saturated carbocycles. The molecule has 2 aromatic rings. The van der Waals surface area contributed by atoms with Gasteiger partial charge in [0.2, 0.25) is 0 Å². The van der Waals surface area contributed by atoms with Gasteiger partial charge in [0.25, 0.3) is 5.91 Å². The summed E-state index contributed by atoms with van der Waals surface area (Å²) in [6, 6.07) is 13.3. The number of amides is 1. The molecule has 0 spiro atoms. The minimum absolute atomic E-state index is 0.0834. The highest BCUT2D eigenvalue weighted by Crippen LogP contribution is 2.39. The second kappa shape index (κ2) is 6.08. The Hall–Kier alpha value is -1.52. The molecular weight excluding hydrogens is 309 g/mol. The normalized spacial score (nSPS) is 18.0. The minimum Gasteiger partial charge on any atom is -0.322 e. The summed E-state index contributed by atoms with van der Waals surface area (Å²) >= 11 is 7.79. The first-order valence-corrected chi connectivity index (χ1v) is 8.02. The fourth-order valence-corrected chi connectivity index (χ4v) is 3.84. The Kier molecular flexibility index (Phi) is 4.17. The van der Waals surface area contributed by atoms with Crippen molar-refractivity contribution >= 4 is 29.3 Å². The molecular formula is C16H13ClFNOS. The number of carbonyl (C=O) groups is 1. The lowest BCUT2D eigenvalue weighted by Gasteiger charge is -2.24. The lowest BCUT2D eigenvalue weighted by Crippen LogP contribution is -2.30. The van der Waals surface area contributed by atoms with E-state index in [2.05, 4.69) is 0 Å². The summed E-state index contributed by atoms with van der Waals surface area (Å²) in [6.45, 7) is 0.663. The van der Waals surface area contributed by atoms with E-state index in [0.29, 0.717) is 17.1 Å². The van der Waals surface area contributed by atoms with Crippen molar-refractivity contribution in [1.82, 2.24) is 4.90 Å². The molecule has 5 heteroatoms. The van der Waals surface area contributed by atoms with Crippen molar-refractivity contribution in [3.05, 3.63) is 70.5 Å². The molecule has 0 N–H and O–H groups in total. The van der Waals surface area contributed by atoms with E-state index in [1.807, 2.05) is 0 Å². The van der Waals surface area contributed by atoms with Gasteiger partial charge in [-0.2, -0.15) is 0 Å². The van der Waals surface area contributed by atoms with Crippen LogP contribution in [0.2, 0.25) is 5.02 Å². The highest BCUT2D eigenvalue weighted by atomic mass is 35.5. The van der Waals surface area contributed by atoms with Gasteiger partial charge in [0.15, 0.2) is 0 Å². The van der Waals surface area contributed by atoms with Gasteiger partial charge >= 0.3 is 0 Å². The molecule has 1 aliphatic heterocycles. The van der Waals surface area contributed by atoms with E-state index in [1.165, 1.54) is 12.1 Å². The number of halogens is 2. The van der Waals surface area contributed by atoms with E-state index < -0.39 is 0 Å². The molecule has 0 aromatic heterocycles. The van der Waals surface area contributed by atoms with E-state index in [4.69, 9.17) is 11.6 Å². The van der Waals surface area contributed by atoms with Crippen LogP contribution in [-0.2, 0) is 0 Å². The fourth-order valence-electron chi connectivity index (χ4n) is 2.37. The van der Waals surface area contributed by atoms with Gasteiger partial charge in [-0.05, 0) is 29.8 Å². The van der Waals surface area contributed by atoms with Crippen molar-refractivity contribution in [3.8, 4) is 0 Å². The maximum absolute atomic E-state index is 13.0. The van der Waals surface area contributed by atoms with Crippen LogP contribution in [0.4, 0.5) is 4.39 Å². The van der Waals surface area contributed by atoms with Gasteiger partial charge in [-0.15, -0.1) is 11.8 Å². The van der Waals surface area contributed by atoms with E-state index in [1.54, 1.807) is 53.1 Å². The summed E-state index contributed by atoms with van der Waals surface area (Å²) in [7, 11) is 0. The topological polar surface area (TPSA) is 20.3 Å². The standard InChI is InChI=1S/C16H13ClFNOS/c17-14-4-2-1-3-13(14)15(20)19-9-10-21-16(19)11-5-7-12(18)8-6-11/h1-8,16H,9-10H2/t16-/m1/s1. The van der Waals surface area contributed by atoms with Crippen LogP contribution in [0.1, 0.15) is 21.3 Å². The zero-order chi connectivity index (χ0) is 14.8. The van der Waals surface area contributed by atoms with Gasteiger partial charge in [0.1, 0.15) is 11.2 Å². The first-order chi connectivity index (χ1) is 10.2. The van der Waals surface area contributed by atoms with Crippen LogP contribution in [0, 0.1) is 5.82 Å². The second-order valence-electron chi connectivity index (χ2n) is 4.75. The van der Waals surface area contributed by atoms with E-state index in [0.717, 1.165) is 11.3 Å². The third-order valence-corrected chi connectivity index (χ3v) is 5.00. The summed E-state index contributed by atoms with van der Waals surface area (Å²) in [4.78, 5) is 14.5. The highest BCUT2D eigenvalue weighted by Gasteiger charge is 2.31.